The molecule has 6 heteroatoms. The standard InChI is InChI=1S/C13H17BO4S/c1-12(2)13(3,4)18-14(17-12)8-7-9-5-6-10(19-9)11(15)16/h5-8H,1-4H3,(H,15,16)/b8-7+. The van der Waals surface area contributed by atoms with Crippen molar-refractivity contribution >= 4 is 30.5 Å². The fraction of sp³-hybridized carbons (Fsp3) is 0.462. The maximum absolute atomic E-state index is 10.8. The summed E-state index contributed by atoms with van der Waals surface area (Å²) in [5.41, 5.74) is -0.715. The number of carboxylic acid groups (broad SMARTS) is 1. The average molecular weight is 280 g/mol. The Morgan fingerprint density at radius 2 is 1.84 bits per heavy atom. The summed E-state index contributed by atoms with van der Waals surface area (Å²) < 4.78 is 11.6. The SMILES string of the molecule is CC1(C)OB(/C=C/c2ccc(C(=O)O)s2)OC1(C)C. The smallest absolute Gasteiger partial charge is 0.477 e. The Hall–Kier alpha value is -1.11. The molecule has 2 heterocycles. The molecule has 19 heavy (non-hydrogen) atoms. The van der Waals surface area contributed by atoms with Crippen molar-refractivity contribution in [2.24, 2.45) is 0 Å². The molecule has 1 saturated heterocycles. The lowest BCUT2D eigenvalue weighted by molar-refractivity contribution is 0.00578. The average Bonchev–Trinajstić information content (AvgIpc) is 2.79. The molecule has 0 atom stereocenters. The summed E-state index contributed by atoms with van der Waals surface area (Å²) >= 11 is 1.23. The molecule has 0 unspecified atom stereocenters. The van der Waals surface area contributed by atoms with E-state index >= 15 is 0 Å². The van der Waals surface area contributed by atoms with Crippen molar-refractivity contribution < 1.29 is 19.2 Å². The van der Waals surface area contributed by atoms with Crippen molar-refractivity contribution in [1.82, 2.24) is 0 Å². The van der Waals surface area contributed by atoms with Crippen LogP contribution in [-0.4, -0.2) is 29.4 Å². The summed E-state index contributed by atoms with van der Waals surface area (Å²) in [7, 11) is -0.402. The van der Waals surface area contributed by atoms with Gasteiger partial charge in [0.25, 0.3) is 0 Å². The van der Waals surface area contributed by atoms with Crippen LogP contribution < -0.4 is 0 Å². The van der Waals surface area contributed by atoms with E-state index in [1.165, 1.54) is 11.3 Å². The molecule has 1 fully saturated rings. The Kier molecular flexibility index (Phi) is 3.60. The topological polar surface area (TPSA) is 55.8 Å². The first-order chi connectivity index (χ1) is 8.71. The van der Waals surface area contributed by atoms with Gasteiger partial charge in [-0.05, 0) is 39.8 Å². The zero-order chi connectivity index (χ0) is 14.3. The van der Waals surface area contributed by atoms with Crippen LogP contribution in [0.1, 0.15) is 42.2 Å². The molecule has 1 aromatic heterocycles. The largest absolute Gasteiger partial charge is 0.487 e. The third-order valence-electron chi connectivity index (χ3n) is 3.53. The maximum atomic E-state index is 10.8. The highest BCUT2D eigenvalue weighted by molar-refractivity contribution is 7.14. The van der Waals surface area contributed by atoms with Crippen LogP contribution in [-0.2, 0) is 9.31 Å². The Balaban J connectivity index is 2.06. The van der Waals surface area contributed by atoms with Gasteiger partial charge in [-0.15, -0.1) is 11.3 Å². The summed E-state index contributed by atoms with van der Waals surface area (Å²) in [6.45, 7) is 7.98. The molecule has 2 rings (SSSR count). The highest BCUT2D eigenvalue weighted by atomic mass is 32.1. The monoisotopic (exact) mass is 280 g/mol. The summed E-state index contributed by atoms with van der Waals surface area (Å²) in [5, 5.41) is 8.85. The molecule has 1 N–H and O–H groups in total. The summed E-state index contributed by atoms with van der Waals surface area (Å²) in [6.07, 6.45) is 1.83. The second kappa shape index (κ2) is 4.78. The molecular weight excluding hydrogens is 263 g/mol. The first-order valence-corrected chi connectivity index (χ1v) is 6.90. The van der Waals surface area contributed by atoms with E-state index in [4.69, 9.17) is 14.4 Å². The first-order valence-electron chi connectivity index (χ1n) is 6.08. The molecule has 0 aromatic carbocycles. The van der Waals surface area contributed by atoms with E-state index in [1.807, 2.05) is 39.7 Å². The number of hydrogen-bond acceptors (Lipinski definition) is 4. The van der Waals surface area contributed by atoms with Gasteiger partial charge in [-0.1, -0.05) is 12.1 Å². The van der Waals surface area contributed by atoms with Crippen molar-refractivity contribution in [3.8, 4) is 0 Å². The van der Waals surface area contributed by atoms with E-state index in [-0.39, 0.29) is 11.2 Å². The number of rotatable bonds is 3. The Morgan fingerprint density at radius 1 is 1.26 bits per heavy atom. The third-order valence-corrected chi connectivity index (χ3v) is 4.57. The van der Waals surface area contributed by atoms with Gasteiger partial charge in [-0.3, -0.25) is 0 Å². The van der Waals surface area contributed by atoms with Crippen molar-refractivity contribution in [2.75, 3.05) is 0 Å². The number of hydrogen-bond donors (Lipinski definition) is 1. The van der Waals surface area contributed by atoms with Crippen molar-refractivity contribution in [3.63, 3.8) is 0 Å². The highest BCUT2D eigenvalue weighted by Crippen LogP contribution is 2.37. The molecule has 0 bridgehead atoms. The Labute approximate surface area is 117 Å². The lowest BCUT2D eigenvalue weighted by atomic mass is 9.90. The molecule has 1 aliphatic rings. The van der Waals surface area contributed by atoms with Crippen molar-refractivity contribution in [2.45, 2.75) is 38.9 Å². The molecule has 0 spiro atoms. The van der Waals surface area contributed by atoms with E-state index < -0.39 is 13.1 Å². The second-order valence-corrected chi connectivity index (χ2v) is 6.61. The van der Waals surface area contributed by atoms with Crippen LogP contribution in [0.4, 0.5) is 0 Å². The van der Waals surface area contributed by atoms with Gasteiger partial charge in [0.1, 0.15) is 4.88 Å². The fourth-order valence-corrected chi connectivity index (χ4v) is 2.46. The lowest BCUT2D eigenvalue weighted by Gasteiger charge is -2.32. The van der Waals surface area contributed by atoms with Crippen LogP contribution in [0.25, 0.3) is 6.08 Å². The predicted octanol–water partition coefficient (Wildman–Crippen LogP) is 3.09. The quantitative estimate of drug-likeness (QED) is 0.864. The van der Waals surface area contributed by atoms with Crippen LogP contribution in [0.2, 0.25) is 0 Å². The van der Waals surface area contributed by atoms with Crippen LogP contribution in [0.3, 0.4) is 0 Å². The van der Waals surface area contributed by atoms with E-state index in [1.54, 1.807) is 12.1 Å². The highest BCUT2D eigenvalue weighted by Gasteiger charge is 2.49. The Morgan fingerprint density at radius 3 is 2.32 bits per heavy atom. The molecule has 4 nitrogen and oxygen atoms in total. The number of carbonyl (C=O) groups is 1. The number of carboxylic acids is 1. The van der Waals surface area contributed by atoms with Crippen molar-refractivity contribution in [1.29, 1.82) is 0 Å². The minimum Gasteiger partial charge on any atom is -0.477 e. The normalized spacial score (nSPS) is 21.2. The molecule has 0 radical (unpaired) electrons. The second-order valence-electron chi connectivity index (χ2n) is 5.49. The zero-order valence-corrected chi connectivity index (χ0v) is 12.3. The fourth-order valence-electron chi connectivity index (χ4n) is 1.70. The van der Waals surface area contributed by atoms with Gasteiger partial charge in [-0.2, -0.15) is 0 Å². The molecule has 0 saturated carbocycles. The third kappa shape index (κ3) is 2.91. The molecule has 0 aliphatic carbocycles. The van der Waals surface area contributed by atoms with E-state index in [9.17, 15) is 4.79 Å². The first kappa shape index (κ1) is 14.3. The van der Waals surface area contributed by atoms with Gasteiger partial charge in [0.15, 0.2) is 0 Å². The predicted molar refractivity (Wildman–Crippen MR) is 76.4 cm³/mol. The maximum Gasteiger partial charge on any atom is 0.487 e. The van der Waals surface area contributed by atoms with Gasteiger partial charge in [0.2, 0.25) is 0 Å². The van der Waals surface area contributed by atoms with E-state index in [0.717, 1.165) is 4.88 Å². The molecule has 1 aliphatic heterocycles. The van der Waals surface area contributed by atoms with Crippen LogP contribution >= 0.6 is 11.3 Å². The van der Waals surface area contributed by atoms with Gasteiger partial charge in [-0.25, -0.2) is 4.79 Å². The minimum absolute atomic E-state index is 0.327. The van der Waals surface area contributed by atoms with Gasteiger partial charge < -0.3 is 14.4 Å². The van der Waals surface area contributed by atoms with Gasteiger partial charge >= 0.3 is 13.1 Å². The van der Waals surface area contributed by atoms with Gasteiger partial charge in [0, 0.05) is 4.88 Å². The zero-order valence-electron chi connectivity index (χ0n) is 11.5. The number of thiophene rings is 1. The van der Waals surface area contributed by atoms with Crippen molar-refractivity contribution in [3.05, 3.63) is 27.9 Å². The van der Waals surface area contributed by atoms with Crippen LogP contribution in [0.5, 0.6) is 0 Å². The summed E-state index contributed by atoms with van der Waals surface area (Å²) in [4.78, 5) is 12.0. The van der Waals surface area contributed by atoms with Crippen LogP contribution in [0.15, 0.2) is 18.1 Å². The summed E-state index contributed by atoms with van der Waals surface area (Å²) in [6, 6.07) is 3.37. The molecular formula is C13H17BO4S. The minimum atomic E-state index is -0.903. The van der Waals surface area contributed by atoms with Gasteiger partial charge in [0.05, 0.1) is 11.2 Å². The summed E-state index contributed by atoms with van der Waals surface area (Å²) in [5.74, 6) is 0.911. The molecule has 0 amide bonds. The van der Waals surface area contributed by atoms with E-state index in [0.29, 0.717) is 4.88 Å². The Bertz CT molecular complexity index is 502. The van der Waals surface area contributed by atoms with E-state index in [2.05, 4.69) is 0 Å². The van der Waals surface area contributed by atoms with Crippen LogP contribution in [0, 0.1) is 0 Å². The molecule has 1 aromatic rings. The lowest BCUT2D eigenvalue weighted by Crippen LogP contribution is -2.41. The molecule has 102 valence electrons. The number of aromatic carboxylic acids is 1.